The highest BCUT2D eigenvalue weighted by Gasteiger charge is 2.07. The number of hydrogen-bond acceptors (Lipinski definition) is 2. The van der Waals surface area contributed by atoms with Crippen LogP contribution in [0.1, 0.15) is 12.8 Å². The summed E-state index contributed by atoms with van der Waals surface area (Å²) in [5.74, 6) is 0. The molecular weight excluding hydrogens is 205 g/mol. The first kappa shape index (κ1) is 12.9. The summed E-state index contributed by atoms with van der Waals surface area (Å²) in [6.07, 6.45) is 7.52. The normalized spacial score (nSPS) is 20.7. The third-order valence-electron chi connectivity index (χ3n) is 2.51. The van der Waals surface area contributed by atoms with Crippen LogP contribution >= 0.6 is 0 Å². The minimum atomic E-state index is -0.798. The van der Waals surface area contributed by atoms with E-state index >= 15 is 0 Å². The number of nitrogens with two attached hydrogens (primary N) is 1. The minimum absolute atomic E-state index is 0.511. The molecule has 0 radical (unpaired) electrons. The van der Waals surface area contributed by atoms with Crippen LogP contribution in [0.15, 0.2) is 28.8 Å². The fraction of sp³-hybridized carbons (Fsp3) is 0.583. The summed E-state index contributed by atoms with van der Waals surface area (Å²) in [5.41, 5.74) is 6.34. The Morgan fingerprint density at radius 3 is 3.12 bits per heavy atom. The zero-order valence-electron chi connectivity index (χ0n) is 9.77. The maximum Gasteiger partial charge on any atom is 0.122 e. The molecule has 1 aliphatic rings. The van der Waals surface area contributed by atoms with Gasteiger partial charge in [0.15, 0.2) is 0 Å². The van der Waals surface area contributed by atoms with Gasteiger partial charge in [0.25, 0.3) is 0 Å². The highest BCUT2D eigenvalue weighted by Crippen LogP contribution is 2.13. The summed E-state index contributed by atoms with van der Waals surface area (Å²) in [6, 6.07) is 0. The lowest BCUT2D eigenvalue weighted by molar-refractivity contribution is 0.356. The molecular formula is C12H20FN3. The molecule has 0 saturated heterocycles. The van der Waals surface area contributed by atoms with Crippen LogP contribution in [-0.4, -0.2) is 44.1 Å². The molecule has 0 heterocycles. The molecule has 1 rings (SSSR count). The van der Waals surface area contributed by atoms with Crippen LogP contribution in [0.2, 0.25) is 0 Å². The van der Waals surface area contributed by atoms with E-state index in [1.54, 1.807) is 6.08 Å². The van der Waals surface area contributed by atoms with E-state index in [0.29, 0.717) is 6.42 Å². The summed E-state index contributed by atoms with van der Waals surface area (Å²) in [7, 11) is 2.06. The monoisotopic (exact) mass is 225 g/mol. The van der Waals surface area contributed by atoms with E-state index in [4.69, 9.17) is 5.73 Å². The van der Waals surface area contributed by atoms with Gasteiger partial charge >= 0.3 is 0 Å². The lowest BCUT2D eigenvalue weighted by Crippen LogP contribution is -2.23. The van der Waals surface area contributed by atoms with Gasteiger partial charge in [-0.3, -0.25) is 4.99 Å². The second kappa shape index (κ2) is 7.17. The minimum Gasteiger partial charge on any atom is -0.390 e. The quantitative estimate of drug-likeness (QED) is 0.423. The van der Waals surface area contributed by atoms with Crippen LogP contribution in [0.25, 0.3) is 0 Å². The molecule has 1 aliphatic carbocycles. The molecule has 3 nitrogen and oxygen atoms in total. The van der Waals surface area contributed by atoms with Crippen LogP contribution in [0, 0.1) is 0 Å². The van der Waals surface area contributed by atoms with Crippen molar-refractivity contribution in [2.75, 3.05) is 26.7 Å². The number of nitrogens with zero attached hydrogens (tertiary/aromatic N) is 2. The molecule has 4 heteroatoms. The first-order valence-corrected chi connectivity index (χ1v) is 5.62. The van der Waals surface area contributed by atoms with E-state index in [1.165, 1.54) is 11.9 Å². The Morgan fingerprint density at radius 1 is 1.69 bits per heavy atom. The number of hydrogen-bond donors (Lipinski definition) is 1. The molecule has 90 valence electrons. The third-order valence-corrected chi connectivity index (χ3v) is 2.51. The standard InChI is InChI=1S/C12H20FN3/c1-16(8-2-7-15-10-14)9-11-3-5-12(13)6-4-11/h3-5,10,12H,2,6-9H2,1H3,(H2,14,15). The lowest BCUT2D eigenvalue weighted by atomic mass is 10.1. The number of aliphatic imine (C=N–C) groups is 1. The van der Waals surface area contributed by atoms with Crippen LogP contribution < -0.4 is 5.73 Å². The van der Waals surface area contributed by atoms with Crippen molar-refractivity contribution in [2.45, 2.75) is 19.0 Å². The molecule has 2 N–H and O–H groups in total. The van der Waals surface area contributed by atoms with Crippen molar-refractivity contribution in [1.29, 1.82) is 0 Å². The van der Waals surface area contributed by atoms with Gasteiger partial charge in [-0.05, 0) is 25.6 Å². The van der Waals surface area contributed by atoms with E-state index in [9.17, 15) is 4.39 Å². The Balaban J connectivity index is 2.19. The molecule has 0 aromatic carbocycles. The van der Waals surface area contributed by atoms with Crippen LogP contribution in [0.3, 0.4) is 0 Å². The van der Waals surface area contributed by atoms with E-state index in [0.717, 1.165) is 26.1 Å². The second-order valence-corrected chi connectivity index (χ2v) is 4.04. The van der Waals surface area contributed by atoms with E-state index < -0.39 is 6.17 Å². The summed E-state index contributed by atoms with van der Waals surface area (Å²) < 4.78 is 12.8. The van der Waals surface area contributed by atoms with Gasteiger partial charge in [0.2, 0.25) is 0 Å². The highest BCUT2D eigenvalue weighted by atomic mass is 19.1. The molecule has 0 bridgehead atoms. The van der Waals surface area contributed by atoms with Crippen LogP contribution in [-0.2, 0) is 0 Å². The molecule has 0 aromatic rings. The van der Waals surface area contributed by atoms with E-state index in [1.807, 2.05) is 12.2 Å². The number of alkyl halides is 1. The summed E-state index contributed by atoms with van der Waals surface area (Å²) in [5, 5.41) is 0. The highest BCUT2D eigenvalue weighted by molar-refractivity contribution is 5.50. The van der Waals surface area contributed by atoms with Gasteiger partial charge in [-0.25, -0.2) is 4.39 Å². The first-order valence-electron chi connectivity index (χ1n) is 5.62. The predicted molar refractivity (Wildman–Crippen MR) is 66.4 cm³/mol. The number of allylic oxidation sites excluding steroid dienone is 2. The Bertz CT molecular complexity index is 284. The molecule has 0 aliphatic heterocycles. The molecule has 0 aromatic heterocycles. The van der Waals surface area contributed by atoms with Crippen LogP contribution in [0.4, 0.5) is 4.39 Å². The molecule has 0 saturated carbocycles. The smallest absolute Gasteiger partial charge is 0.122 e. The van der Waals surface area contributed by atoms with Crippen molar-refractivity contribution in [1.82, 2.24) is 4.90 Å². The Kier molecular flexibility index (Phi) is 5.78. The average Bonchev–Trinajstić information content (AvgIpc) is 2.28. The van der Waals surface area contributed by atoms with Crippen molar-refractivity contribution in [3.63, 3.8) is 0 Å². The number of rotatable bonds is 6. The fourth-order valence-corrected chi connectivity index (χ4v) is 1.65. The Hall–Kier alpha value is -1.16. The van der Waals surface area contributed by atoms with Crippen LogP contribution in [0.5, 0.6) is 0 Å². The Labute approximate surface area is 96.5 Å². The molecule has 0 fully saturated rings. The van der Waals surface area contributed by atoms with Crippen molar-refractivity contribution in [3.8, 4) is 0 Å². The summed E-state index contributed by atoms with van der Waals surface area (Å²) in [6.45, 7) is 2.61. The third kappa shape index (κ3) is 5.07. The summed E-state index contributed by atoms with van der Waals surface area (Å²) in [4.78, 5) is 6.16. The topological polar surface area (TPSA) is 41.6 Å². The summed E-state index contributed by atoms with van der Waals surface area (Å²) >= 11 is 0. The van der Waals surface area contributed by atoms with Gasteiger partial charge in [0.1, 0.15) is 6.17 Å². The largest absolute Gasteiger partial charge is 0.390 e. The van der Waals surface area contributed by atoms with Crippen molar-refractivity contribution >= 4 is 6.34 Å². The van der Waals surface area contributed by atoms with Gasteiger partial charge in [-0.15, -0.1) is 0 Å². The van der Waals surface area contributed by atoms with Crippen molar-refractivity contribution in [3.05, 3.63) is 23.8 Å². The molecule has 0 spiro atoms. The molecule has 16 heavy (non-hydrogen) atoms. The zero-order valence-corrected chi connectivity index (χ0v) is 9.77. The van der Waals surface area contributed by atoms with Crippen molar-refractivity contribution < 1.29 is 4.39 Å². The SMILES string of the molecule is CN(CCCN=CN)CC1=CCC(F)C=C1. The van der Waals surface area contributed by atoms with Gasteiger partial charge in [0.05, 0.1) is 6.34 Å². The van der Waals surface area contributed by atoms with Gasteiger partial charge in [-0.1, -0.05) is 18.2 Å². The van der Waals surface area contributed by atoms with Gasteiger partial charge in [0, 0.05) is 19.5 Å². The number of halogens is 1. The molecule has 1 unspecified atom stereocenters. The van der Waals surface area contributed by atoms with Crippen molar-refractivity contribution in [2.24, 2.45) is 10.7 Å². The predicted octanol–water partition coefficient (Wildman–Crippen LogP) is 1.52. The maximum atomic E-state index is 12.8. The van der Waals surface area contributed by atoms with E-state index in [2.05, 4.69) is 16.9 Å². The lowest BCUT2D eigenvalue weighted by Gasteiger charge is -2.18. The number of likely N-dealkylation sites (N-methyl/N-ethyl adjacent to an activating group) is 1. The van der Waals surface area contributed by atoms with E-state index in [-0.39, 0.29) is 0 Å². The average molecular weight is 225 g/mol. The maximum absolute atomic E-state index is 12.8. The zero-order chi connectivity index (χ0) is 11.8. The molecule has 1 atom stereocenters. The van der Waals surface area contributed by atoms with Gasteiger partial charge < -0.3 is 10.6 Å². The Morgan fingerprint density at radius 2 is 2.50 bits per heavy atom. The first-order chi connectivity index (χ1) is 7.72. The second-order valence-electron chi connectivity index (χ2n) is 4.04. The van der Waals surface area contributed by atoms with Gasteiger partial charge in [-0.2, -0.15) is 0 Å². The molecule has 0 amide bonds. The fourth-order valence-electron chi connectivity index (χ4n) is 1.65.